The van der Waals surface area contributed by atoms with Gasteiger partial charge in [-0.1, -0.05) is 16.6 Å². The van der Waals surface area contributed by atoms with E-state index in [1.54, 1.807) is 23.7 Å². The molecule has 0 radical (unpaired) electrons. The first-order valence-corrected chi connectivity index (χ1v) is 11.5. The van der Waals surface area contributed by atoms with E-state index in [0.717, 1.165) is 54.8 Å². The lowest BCUT2D eigenvalue weighted by molar-refractivity contribution is -0.0375. The molecule has 3 aromatic heterocycles. The van der Waals surface area contributed by atoms with Crippen LogP contribution in [0, 0.1) is 17.8 Å². The number of hydrogen-bond donors (Lipinski definition) is 0. The third-order valence-electron chi connectivity index (χ3n) is 6.65. The van der Waals surface area contributed by atoms with Gasteiger partial charge >= 0.3 is 0 Å². The molecule has 10 heteroatoms. The first kappa shape index (κ1) is 18.3. The van der Waals surface area contributed by atoms with E-state index < -0.39 is 0 Å². The van der Waals surface area contributed by atoms with Gasteiger partial charge in [-0.05, 0) is 43.4 Å². The first-order valence-electron chi connectivity index (χ1n) is 10.6. The smallest absolute Gasteiger partial charge is 0.208 e. The van der Waals surface area contributed by atoms with Crippen LogP contribution in [0.4, 0.5) is 5.13 Å². The summed E-state index contributed by atoms with van der Waals surface area (Å²) in [6.07, 6.45) is 12.0. The van der Waals surface area contributed by atoms with Crippen LogP contribution in [0.2, 0.25) is 0 Å². The van der Waals surface area contributed by atoms with Crippen molar-refractivity contribution in [2.75, 3.05) is 24.6 Å². The SMILES string of the molecule is c1ncc(-c2cn([C@@H]3C[C@@H]4CN(c5nncs5)C[C@@H]4C[C@H]3OCC3CC3)nn2)cn1. The Morgan fingerprint density at radius 2 is 1.90 bits per heavy atom. The molecule has 0 aromatic carbocycles. The molecule has 30 heavy (non-hydrogen) atoms. The summed E-state index contributed by atoms with van der Waals surface area (Å²) < 4.78 is 8.48. The van der Waals surface area contributed by atoms with Crippen LogP contribution in [-0.4, -0.2) is 61.0 Å². The van der Waals surface area contributed by atoms with E-state index in [2.05, 4.69) is 35.4 Å². The van der Waals surface area contributed by atoms with Gasteiger partial charge in [0, 0.05) is 37.7 Å². The Morgan fingerprint density at radius 1 is 1.07 bits per heavy atom. The maximum Gasteiger partial charge on any atom is 0.208 e. The van der Waals surface area contributed by atoms with Gasteiger partial charge in [0.25, 0.3) is 0 Å². The summed E-state index contributed by atoms with van der Waals surface area (Å²) in [5.41, 5.74) is 3.50. The lowest BCUT2D eigenvalue weighted by Gasteiger charge is -2.37. The highest BCUT2D eigenvalue weighted by molar-refractivity contribution is 7.13. The monoisotopic (exact) mass is 424 g/mol. The predicted octanol–water partition coefficient (Wildman–Crippen LogP) is 2.47. The molecule has 0 bridgehead atoms. The predicted molar refractivity (Wildman–Crippen MR) is 111 cm³/mol. The molecule has 4 heterocycles. The van der Waals surface area contributed by atoms with Crippen LogP contribution >= 0.6 is 11.3 Å². The minimum Gasteiger partial charge on any atom is -0.376 e. The van der Waals surface area contributed by atoms with Gasteiger partial charge in [-0.15, -0.1) is 15.3 Å². The van der Waals surface area contributed by atoms with E-state index in [4.69, 9.17) is 4.74 Å². The standard InChI is InChI=1S/C20H24N8OS/c1-2-13(1)10-29-19-4-15-8-27(20-25-23-12-30-20)7-14(15)3-18(19)28-9-17(24-26-28)16-5-21-11-22-6-16/h5-6,9,11-15,18-19H,1-4,7-8,10H2/t14-,15+,18-,19-/m1/s1. The highest BCUT2D eigenvalue weighted by Gasteiger charge is 2.45. The van der Waals surface area contributed by atoms with Crippen molar-refractivity contribution in [3.05, 3.63) is 30.4 Å². The number of ether oxygens (including phenoxy) is 1. The Hall–Kier alpha value is -2.46. The topological polar surface area (TPSA) is 94.7 Å². The number of hydrogen-bond acceptors (Lipinski definition) is 9. The van der Waals surface area contributed by atoms with Gasteiger partial charge in [-0.25, -0.2) is 14.6 Å². The van der Waals surface area contributed by atoms with Gasteiger partial charge in [0.15, 0.2) is 0 Å². The molecule has 6 rings (SSSR count). The molecule has 0 unspecified atom stereocenters. The highest BCUT2D eigenvalue weighted by Crippen LogP contribution is 2.44. The zero-order valence-corrected chi connectivity index (χ0v) is 17.4. The summed E-state index contributed by atoms with van der Waals surface area (Å²) in [6, 6.07) is 0.199. The molecule has 2 aliphatic carbocycles. The van der Waals surface area contributed by atoms with Crippen LogP contribution in [0.1, 0.15) is 31.7 Å². The fraction of sp³-hybridized carbons (Fsp3) is 0.600. The normalized spacial score (nSPS) is 28.6. The molecule has 9 nitrogen and oxygen atoms in total. The van der Waals surface area contributed by atoms with E-state index in [0.29, 0.717) is 11.8 Å². The summed E-state index contributed by atoms with van der Waals surface area (Å²) in [7, 11) is 0. The average Bonchev–Trinajstić information content (AvgIpc) is 3.19. The second-order valence-electron chi connectivity index (χ2n) is 8.71. The number of rotatable bonds is 6. The summed E-state index contributed by atoms with van der Waals surface area (Å²) in [4.78, 5) is 10.6. The van der Waals surface area contributed by atoms with Gasteiger partial charge in [-0.2, -0.15) is 0 Å². The molecule has 3 aromatic rings. The van der Waals surface area contributed by atoms with Gasteiger partial charge in [-0.3, -0.25) is 0 Å². The van der Waals surface area contributed by atoms with Crippen molar-refractivity contribution < 1.29 is 4.74 Å². The molecule has 0 N–H and O–H groups in total. The van der Waals surface area contributed by atoms with Crippen LogP contribution in [0.25, 0.3) is 11.3 Å². The van der Waals surface area contributed by atoms with Crippen molar-refractivity contribution in [2.24, 2.45) is 17.8 Å². The van der Waals surface area contributed by atoms with Crippen molar-refractivity contribution in [2.45, 2.75) is 37.8 Å². The lowest BCUT2D eigenvalue weighted by Crippen LogP contribution is -2.38. The Labute approximate surface area is 178 Å². The molecular formula is C20H24N8OS. The molecule has 0 spiro atoms. The third kappa shape index (κ3) is 3.58. The van der Waals surface area contributed by atoms with Crippen LogP contribution in [0.5, 0.6) is 0 Å². The van der Waals surface area contributed by atoms with Gasteiger partial charge in [0.1, 0.15) is 17.5 Å². The maximum atomic E-state index is 6.47. The van der Waals surface area contributed by atoms with E-state index in [-0.39, 0.29) is 12.1 Å². The Balaban J connectivity index is 1.24. The molecule has 3 aliphatic rings. The molecule has 1 saturated heterocycles. The summed E-state index contributed by atoms with van der Waals surface area (Å²) in [6.45, 7) is 2.94. The van der Waals surface area contributed by atoms with Crippen molar-refractivity contribution in [1.29, 1.82) is 0 Å². The summed E-state index contributed by atoms with van der Waals surface area (Å²) >= 11 is 1.62. The second-order valence-corrected chi connectivity index (χ2v) is 9.52. The van der Waals surface area contributed by atoms with E-state index in [9.17, 15) is 0 Å². The summed E-state index contributed by atoms with van der Waals surface area (Å²) in [5, 5.41) is 18.2. The number of anilines is 1. The lowest BCUT2D eigenvalue weighted by atomic mass is 9.77. The second kappa shape index (κ2) is 7.66. The number of fused-ring (bicyclic) bond motifs is 1. The third-order valence-corrected chi connectivity index (χ3v) is 7.40. The minimum absolute atomic E-state index is 0.169. The molecule has 156 valence electrons. The van der Waals surface area contributed by atoms with Crippen LogP contribution in [-0.2, 0) is 4.74 Å². The Kier molecular flexibility index (Phi) is 4.68. The fourth-order valence-corrected chi connectivity index (χ4v) is 5.44. The molecular weight excluding hydrogens is 400 g/mol. The van der Waals surface area contributed by atoms with Crippen LogP contribution in [0.15, 0.2) is 30.4 Å². The molecule has 3 fully saturated rings. The van der Waals surface area contributed by atoms with Gasteiger partial charge in [0.05, 0.1) is 18.3 Å². The maximum absolute atomic E-state index is 6.47. The van der Waals surface area contributed by atoms with Crippen molar-refractivity contribution in [3.8, 4) is 11.3 Å². The zero-order chi connectivity index (χ0) is 19.9. The first-order chi connectivity index (χ1) is 14.8. The highest BCUT2D eigenvalue weighted by atomic mass is 32.1. The van der Waals surface area contributed by atoms with E-state index in [1.807, 2.05) is 16.4 Å². The average molecular weight is 425 g/mol. The number of nitrogens with zero attached hydrogens (tertiary/aromatic N) is 8. The molecule has 2 saturated carbocycles. The van der Waals surface area contributed by atoms with Gasteiger partial charge in [0.2, 0.25) is 5.13 Å². The quantitative estimate of drug-likeness (QED) is 0.596. The van der Waals surface area contributed by atoms with Gasteiger partial charge < -0.3 is 9.64 Å². The zero-order valence-electron chi connectivity index (χ0n) is 16.6. The van der Waals surface area contributed by atoms with E-state index in [1.165, 1.54) is 19.2 Å². The molecule has 4 atom stereocenters. The summed E-state index contributed by atoms with van der Waals surface area (Å²) in [5.74, 6) is 1.98. The van der Waals surface area contributed by atoms with Crippen LogP contribution in [0.3, 0.4) is 0 Å². The molecule has 1 aliphatic heterocycles. The van der Waals surface area contributed by atoms with Crippen molar-refractivity contribution in [1.82, 2.24) is 35.2 Å². The van der Waals surface area contributed by atoms with Crippen molar-refractivity contribution >= 4 is 16.5 Å². The van der Waals surface area contributed by atoms with Crippen LogP contribution < -0.4 is 4.90 Å². The Morgan fingerprint density at radius 3 is 2.67 bits per heavy atom. The Bertz CT molecular complexity index is 976. The minimum atomic E-state index is 0.169. The van der Waals surface area contributed by atoms with E-state index >= 15 is 0 Å². The number of aromatic nitrogens is 7. The fourth-order valence-electron chi connectivity index (χ4n) is 4.86. The van der Waals surface area contributed by atoms with Crippen molar-refractivity contribution in [3.63, 3.8) is 0 Å². The largest absolute Gasteiger partial charge is 0.376 e. The molecule has 0 amide bonds.